The Balaban J connectivity index is 2.26. The van der Waals surface area contributed by atoms with Crippen molar-refractivity contribution in [1.82, 2.24) is 13.6 Å². The SMILES string of the molecule is CS(=O)(=O)N1CCN(S(=O)(=O)c2cccnc2C#N)CC1. The molecule has 2 heterocycles. The van der Waals surface area contributed by atoms with Crippen LogP contribution in [0, 0.1) is 11.3 Å². The minimum atomic E-state index is -3.85. The maximum Gasteiger partial charge on any atom is 0.246 e. The fourth-order valence-electron chi connectivity index (χ4n) is 2.06. The van der Waals surface area contributed by atoms with Crippen molar-refractivity contribution in [2.75, 3.05) is 32.4 Å². The Morgan fingerprint density at radius 2 is 1.71 bits per heavy atom. The summed E-state index contributed by atoms with van der Waals surface area (Å²) in [6.07, 6.45) is 2.44. The first-order valence-electron chi connectivity index (χ1n) is 6.07. The molecule has 2 rings (SSSR count). The van der Waals surface area contributed by atoms with E-state index in [1.807, 2.05) is 0 Å². The molecule has 21 heavy (non-hydrogen) atoms. The van der Waals surface area contributed by atoms with Gasteiger partial charge in [0.1, 0.15) is 11.0 Å². The number of rotatable bonds is 3. The van der Waals surface area contributed by atoms with Gasteiger partial charge in [0.05, 0.1) is 6.26 Å². The Hall–Kier alpha value is -1.54. The molecule has 1 aliphatic heterocycles. The first-order valence-corrected chi connectivity index (χ1v) is 9.36. The van der Waals surface area contributed by atoms with E-state index in [1.165, 1.54) is 26.9 Å². The van der Waals surface area contributed by atoms with Gasteiger partial charge in [-0.05, 0) is 12.1 Å². The van der Waals surface area contributed by atoms with Crippen LogP contribution < -0.4 is 0 Å². The molecule has 1 aliphatic rings. The van der Waals surface area contributed by atoms with Crippen molar-refractivity contribution in [3.63, 3.8) is 0 Å². The lowest BCUT2D eigenvalue weighted by molar-refractivity contribution is 0.274. The van der Waals surface area contributed by atoms with Gasteiger partial charge in [0.25, 0.3) is 0 Å². The Morgan fingerprint density at radius 3 is 2.24 bits per heavy atom. The van der Waals surface area contributed by atoms with E-state index in [-0.39, 0.29) is 36.8 Å². The normalized spacial score (nSPS) is 18.3. The topological polar surface area (TPSA) is 111 Å². The van der Waals surface area contributed by atoms with Gasteiger partial charge >= 0.3 is 0 Å². The van der Waals surface area contributed by atoms with Gasteiger partial charge in [0.2, 0.25) is 20.0 Å². The van der Waals surface area contributed by atoms with Crippen LogP contribution in [0.1, 0.15) is 5.69 Å². The fraction of sp³-hybridized carbons (Fsp3) is 0.455. The summed E-state index contributed by atoms with van der Waals surface area (Å²) in [5.41, 5.74) is -0.164. The van der Waals surface area contributed by atoms with Crippen molar-refractivity contribution in [3.05, 3.63) is 24.0 Å². The molecule has 0 radical (unpaired) electrons. The van der Waals surface area contributed by atoms with Crippen LogP contribution in [0.15, 0.2) is 23.2 Å². The third-order valence-corrected chi connectivity index (χ3v) is 6.39. The molecule has 0 bridgehead atoms. The van der Waals surface area contributed by atoms with Crippen molar-refractivity contribution in [1.29, 1.82) is 5.26 Å². The van der Waals surface area contributed by atoms with Crippen molar-refractivity contribution >= 4 is 20.0 Å². The van der Waals surface area contributed by atoms with Gasteiger partial charge in [-0.2, -0.15) is 13.9 Å². The number of pyridine rings is 1. The largest absolute Gasteiger partial charge is 0.246 e. The van der Waals surface area contributed by atoms with E-state index in [2.05, 4.69) is 4.98 Å². The van der Waals surface area contributed by atoms with Crippen LogP contribution in [0.3, 0.4) is 0 Å². The van der Waals surface area contributed by atoms with Crippen LogP contribution in [-0.2, 0) is 20.0 Å². The second-order valence-corrected chi connectivity index (χ2v) is 8.42. The van der Waals surface area contributed by atoms with Crippen LogP contribution in [0.2, 0.25) is 0 Å². The van der Waals surface area contributed by atoms with E-state index in [4.69, 9.17) is 5.26 Å². The average Bonchev–Trinajstić information content (AvgIpc) is 2.46. The van der Waals surface area contributed by atoms with Gasteiger partial charge < -0.3 is 0 Å². The molecule has 10 heteroatoms. The molecule has 0 unspecified atom stereocenters. The third kappa shape index (κ3) is 3.21. The molecule has 0 N–H and O–H groups in total. The Bertz CT molecular complexity index is 775. The van der Waals surface area contributed by atoms with E-state index < -0.39 is 20.0 Å². The van der Waals surface area contributed by atoms with Gasteiger partial charge in [-0.15, -0.1) is 0 Å². The summed E-state index contributed by atoms with van der Waals surface area (Å²) in [5.74, 6) is 0. The van der Waals surface area contributed by atoms with Crippen molar-refractivity contribution in [2.24, 2.45) is 0 Å². The summed E-state index contributed by atoms with van der Waals surface area (Å²) in [4.78, 5) is 3.59. The second-order valence-electron chi connectivity index (χ2n) is 4.53. The van der Waals surface area contributed by atoms with Crippen LogP contribution in [0.5, 0.6) is 0 Å². The molecule has 0 amide bonds. The zero-order valence-electron chi connectivity index (χ0n) is 11.3. The van der Waals surface area contributed by atoms with E-state index in [0.717, 1.165) is 6.26 Å². The number of aromatic nitrogens is 1. The molecule has 1 aromatic heterocycles. The molecule has 1 aromatic rings. The van der Waals surface area contributed by atoms with Crippen LogP contribution in [-0.4, -0.2) is 62.9 Å². The fourth-order valence-corrected chi connectivity index (χ4v) is 4.41. The maximum absolute atomic E-state index is 12.5. The predicted molar refractivity (Wildman–Crippen MR) is 74.1 cm³/mol. The molecule has 0 saturated carbocycles. The Labute approximate surface area is 123 Å². The summed E-state index contributed by atoms with van der Waals surface area (Å²) in [6.45, 7) is 0.296. The van der Waals surface area contributed by atoms with E-state index in [0.29, 0.717) is 0 Å². The molecular formula is C11H14N4O4S2. The highest BCUT2D eigenvalue weighted by Gasteiger charge is 2.32. The number of nitriles is 1. The minimum Gasteiger partial charge on any atom is -0.244 e. The van der Waals surface area contributed by atoms with Gasteiger partial charge in [0.15, 0.2) is 5.69 Å². The number of hydrogen-bond acceptors (Lipinski definition) is 6. The highest BCUT2D eigenvalue weighted by molar-refractivity contribution is 7.89. The maximum atomic E-state index is 12.5. The first-order chi connectivity index (χ1) is 9.76. The number of nitrogens with zero attached hydrogens (tertiary/aromatic N) is 4. The average molecular weight is 330 g/mol. The molecule has 8 nitrogen and oxygen atoms in total. The van der Waals surface area contributed by atoms with Crippen molar-refractivity contribution in [3.8, 4) is 6.07 Å². The third-order valence-electron chi connectivity index (χ3n) is 3.16. The Morgan fingerprint density at radius 1 is 1.14 bits per heavy atom. The van der Waals surface area contributed by atoms with Gasteiger partial charge in [-0.3, -0.25) is 0 Å². The van der Waals surface area contributed by atoms with Crippen LogP contribution in [0.4, 0.5) is 0 Å². The number of sulfonamides is 2. The summed E-state index contributed by atoms with van der Waals surface area (Å²) in [6, 6.07) is 4.52. The van der Waals surface area contributed by atoms with Crippen molar-refractivity contribution < 1.29 is 16.8 Å². The zero-order chi connectivity index (χ0) is 15.7. The lowest BCUT2D eigenvalue weighted by Gasteiger charge is -2.32. The summed E-state index contributed by atoms with van der Waals surface area (Å²) < 4.78 is 50.2. The van der Waals surface area contributed by atoms with E-state index in [9.17, 15) is 16.8 Å². The van der Waals surface area contributed by atoms with Crippen LogP contribution >= 0.6 is 0 Å². The monoisotopic (exact) mass is 330 g/mol. The molecule has 1 saturated heterocycles. The quantitative estimate of drug-likeness (QED) is 0.718. The number of hydrogen-bond donors (Lipinski definition) is 0. The zero-order valence-corrected chi connectivity index (χ0v) is 12.9. The van der Waals surface area contributed by atoms with E-state index in [1.54, 1.807) is 6.07 Å². The molecule has 1 fully saturated rings. The van der Waals surface area contributed by atoms with Crippen LogP contribution in [0.25, 0.3) is 0 Å². The summed E-state index contributed by atoms with van der Waals surface area (Å²) in [7, 11) is -7.17. The minimum absolute atomic E-state index is 0.0508. The standard InChI is InChI=1S/C11H14N4O4S2/c1-20(16,17)14-5-7-15(8-6-14)21(18,19)11-3-2-4-13-10(11)9-12/h2-4H,5-8H2,1H3. The van der Waals surface area contributed by atoms with Crippen molar-refractivity contribution in [2.45, 2.75) is 4.90 Å². The lowest BCUT2D eigenvalue weighted by Crippen LogP contribution is -2.50. The second kappa shape index (κ2) is 5.69. The molecule has 0 spiro atoms. The predicted octanol–water partition coefficient (Wildman–Crippen LogP) is -0.781. The lowest BCUT2D eigenvalue weighted by atomic mass is 10.4. The first kappa shape index (κ1) is 15.8. The number of piperazine rings is 1. The molecule has 0 atom stereocenters. The Kier molecular flexibility index (Phi) is 4.29. The summed E-state index contributed by atoms with van der Waals surface area (Å²) in [5, 5.41) is 8.95. The van der Waals surface area contributed by atoms with E-state index >= 15 is 0 Å². The molecular weight excluding hydrogens is 316 g/mol. The van der Waals surface area contributed by atoms with Gasteiger partial charge in [0, 0.05) is 32.4 Å². The smallest absolute Gasteiger partial charge is 0.244 e. The molecule has 0 aliphatic carbocycles. The highest BCUT2D eigenvalue weighted by atomic mass is 32.2. The molecule has 114 valence electrons. The van der Waals surface area contributed by atoms with Gasteiger partial charge in [-0.1, -0.05) is 0 Å². The summed E-state index contributed by atoms with van der Waals surface area (Å²) >= 11 is 0. The molecule has 0 aromatic carbocycles. The van der Waals surface area contributed by atoms with Gasteiger partial charge in [-0.25, -0.2) is 21.8 Å². The highest BCUT2D eigenvalue weighted by Crippen LogP contribution is 2.20.